The van der Waals surface area contributed by atoms with Crippen LogP contribution >= 0.6 is 11.6 Å². The first-order valence-electron chi connectivity index (χ1n) is 4.33. The Kier molecular flexibility index (Phi) is 3.92. The van der Waals surface area contributed by atoms with Crippen molar-refractivity contribution in [2.24, 2.45) is 5.73 Å². The summed E-state index contributed by atoms with van der Waals surface area (Å²) in [6, 6.07) is 6.58. The minimum absolute atomic E-state index is 0.152. The average molecular weight is 237 g/mol. The molecule has 2 N–H and O–H groups in total. The second-order valence-electron chi connectivity index (χ2n) is 2.92. The molecule has 5 heteroatoms. The Balaban J connectivity index is 3.27. The van der Waals surface area contributed by atoms with E-state index in [4.69, 9.17) is 27.3 Å². The second kappa shape index (κ2) is 5.19. The summed E-state index contributed by atoms with van der Waals surface area (Å²) >= 11 is 5.80. The van der Waals surface area contributed by atoms with Gasteiger partial charge in [-0.05, 0) is 24.3 Å². The molecule has 0 aliphatic rings. The van der Waals surface area contributed by atoms with Crippen LogP contribution in [0.3, 0.4) is 0 Å². The molecule has 0 aromatic heterocycles. The highest BCUT2D eigenvalue weighted by molar-refractivity contribution is 6.30. The SMILES string of the molecule is COc1ccc(Cl)cc1C=C(C#N)C(N)=O. The van der Waals surface area contributed by atoms with E-state index in [0.717, 1.165) is 0 Å². The van der Waals surface area contributed by atoms with Crippen LogP contribution in [0.5, 0.6) is 5.75 Å². The van der Waals surface area contributed by atoms with Crippen LogP contribution < -0.4 is 10.5 Å². The molecule has 0 heterocycles. The van der Waals surface area contributed by atoms with Crippen molar-refractivity contribution in [1.82, 2.24) is 0 Å². The highest BCUT2D eigenvalue weighted by Gasteiger charge is 2.07. The number of hydrogen-bond acceptors (Lipinski definition) is 3. The summed E-state index contributed by atoms with van der Waals surface area (Å²) in [5.41, 5.74) is 5.40. The number of methoxy groups -OCH3 is 1. The summed E-state index contributed by atoms with van der Waals surface area (Å²) in [7, 11) is 1.48. The van der Waals surface area contributed by atoms with Gasteiger partial charge in [-0.1, -0.05) is 11.6 Å². The quantitative estimate of drug-likeness (QED) is 0.642. The van der Waals surface area contributed by atoms with E-state index in [0.29, 0.717) is 16.3 Å². The Morgan fingerprint density at radius 1 is 1.62 bits per heavy atom. The van der Waals surface area contributed by atoms with Gasteiger partial charge >= 0.3 is 0 Å². The smallest absolute Gasteiger partial charge is 0.259 e. The number of nitriles is 1. The fourth-order valence-electron chi connectivity index (χ4n) is 1.13. The van der Waals surface area contributed by atoms with Crippen LogP contribution in [-0.4, -0.2) is 13.0 Å². The van der Waals surface area contributed by atoms with Crippen LogP contribution in [0.25, 0.3) is 6.08 Å². The Hall–Kier alpha value is -1.99. The highest BCUT2D eigenvalue weighted by atomic mass is 35.5. The van der Waals surface area contributed by atoms with Crippen molar-refractivity contribution in [2.45, 2.75) is 0 Å². The topological polar surface area (TPSA) is 76.1 Å². The average Bonchev–Trinajstić information content (AvgIpc) is 2.25. The lowest BCUT2D eigenvalue weighted by Crippen LogP contribution is -2.12. The molecule has 0 bridgehead atoms. The van der Waals surface area contributed by atoms with Crippen LogP contribution in [0.2, 0.25) is 5.02 Å². The third kappa shape index (κ3) is 2.75. The Labute approximate surface area is 97.9 Å². The number of rotatable bonds is 3. The van der Waals surface area contributed by atoms with Gasteiger partial charge in [0.05, 0.1) is 7.11 Å². The molecule has 0 aliphatic carbocycles. The molecular formula is C11H9ClN2O2. The number of halogens is 1. The minimum atomic E-state index is -0.787. The number of benzene rings is 1. The van der Waals surface area contributed by atoms with Gasteiger partial charge in [-0.2, -0.15) is 5.26 Å². The number of nitrogens with two attached hydrogens (primary N) is 1. The third-order valence-corrected chi connectivity index (χ3v) is 2.11. The van der Waals surface area contributed by atoms with Gasteiger partial charge < -0.3 is 10.5 Å². The summed E-state index contributed by atoms with van der Waals surface area (Å²) in [4.78, 5) is 10.9. The lowest BCUT2D eigenvalue weighted by atomic mass is 10.1. The predicted molar refractivity (Wildman–Crippen MR) is 60.8 cm³/mol. The maximum absolute atomic E-state index is 10.9. The van der Waals surface area contributed by atoms with E-state index < -0.39 is 5.91 Å². The minimum Gasteiger partial charge on any atom is -0.496 e. The van der Waals surface area contributed by atoms with Crippen molar-refractivity contribution >= 4 is 23.6 Å². The molecule has 0 unspecified atom stereocenters. The first-order valence-corrected chi connectivity index (χ1v) is 4.71. The molecule has 82 valence electrons. The molecule has 1 amide bonds. The van der Waals surface area contributed by atoms with E-state index in [1.165, 1.54) is 13.2 Å². The van der Waals surface area contributed by atoms with E-state index in [1.807, 2.05) is 0 Å². The molecule has 0 spiro atoms. The van der Waals surface area contributed by atoms with Gasteiger partial charge in [0, 0.05) is 10.6 Å². The van der Waals surface area contributed by atoms with Crippen molar-refractivity contribution < 1.29 is 9.53 Å². The van der Waals surface area contributed by atoms with Gasteiger partial charge in [0.1, 0.15) is 17.4 Å². The summed E-state index contributed by atoms with van der Waals surface area (Å²) < 4.78 is 5.06. The number of carbonyl (C=O) groups is 1. The third-order valence-electron chi connectivity index (χ3n) is 1.88. The lowest BCUT2D eigenvalue weighted by Gasteiger charge is -2.05. The largest absolute Gasteiger partial charge is 0.496 e. The van der Waals surface area contributed by atoms with E-state index >= 15 is 0 Å². The molecule has 1 aromatic rings. The monoisotopic (exact) mass is 236 g/mol. The van der Waals surface area contributed by atoms with E-state index in [9.17, 15) is 4.79 Å². The molecule has 0 saturated carbocycles. The molecular weight excluding hydrogens is 228 g/mol. The van der Waals surface area contributed by atoms with Crippen LogP contribution in [0, 0.1) is 11.3 Å². The maximum atomic E-state index is 10.9. The normalized spacial score (nSPS) is 10.7. The Morgan fingerprint density at radius 3 is 2.81 bits per heavy atom. The number of primary amides is 1. The van der Waals surface area contributed by atoms with Crippen molar-refractivity contribution in [3.63, 3.8) is 0 Å². The zero-order chi connectivity index (χ0) is 12.1. The number of ether oxygens (including phenoxy) is 1. The summed E-state index contributed by atoms with van der Waals surface area (Å²) in [6.07, 6.45) is 1.34. The standard InChI is InChI=1S/C11H9ClN2O2/c1-16-10-3-2-9(12)5-7(10)4-8(6-13)11(14)15/h2-5H,1H3,(H2,14,15). The van der Waals surface area contributed by atoms with Gasteiger partial charge in [0.2, 0.25) is 0 Å². The van der Waals surface area contributed by atoms with Gasteiger partial charge in [-0.15, -0.1) is 0 Å². The predicted octanol–water partition coefficient (Wildman–Crippen LogP) is 1.74. The number of amides is 1. The number of nitrogens with zero attached hydrogens (tertiary/aromatic N) is 1. The number of carbonyl (C=O) groups excluding carboxylic acids is 1. The summed E-state index contributed by atoms with van der Waals surface area (Å²) in [5.74, 6) is -0.275. The number of hydrogen-bond donors (Lipinski definition) is 1. The van der Waals surface area contributed by atoms with Gasteiger partial charge in [0.25, 0.3) is 5.91 Å². The molecule has 0 saturated heterocycles. The molecule has 0 aliphatic heterocycles. The van der Waals surface area contributed by atoms with Crippen LogP contribution in [0.4, 0.5) is 0 Å². The van der Waals surface area contributed by atoms with Crippen molar-refractivity contribution in [3.05, 3.63) is 34.4 Å². The summed E-state index contributed by atoms with van der Waals surface area (Å²) in [6.45, 7) is 0. The van der Waals surface area contributed by atoms with Gasteiger partial charge in [0.15, 0.2) is 0 Å². The molecule has 0 radical (unpaired) electrons. The lowest BCUT2D eigenvalue weighted by molar-refractivity contribution is -0.114. The van der Waals surface area contributed by atoms with Crippen LogP contribution in [0.1, 0.15) is 5.56 Å². The fourth-order valence-corrected chi connectivity index (χ4v) is 1.31. The Bertz CT molecular complexity index is 489. The van der Waals surface area contributed by atoms with E-state index in [-0.39, 0.29) is 5.57 Å². The Morgan fingerprint density at radius 2 is 2.31 bits per heavy atom. The zero-order valence-corrected chi connectivity index (χ0v) is 9.28. The molecule has 4 nitrogen and oxygen atoms in total. The maximum Gasteiger partial charge on any atom is 0.259 e. The second-order valence-corrected chi connectivity index (χ2v) is 3.36. The van der Waals surface area contributed by atoms with E-state index in [2.05, 4.69) is 0 Å². The molecule has 0 fully saturated rings. The first kappa shape index (κ1) is 12.1. The first-order chi connectivity index (χ1) is 7.58. The summed E-state index contributed by atoms with van der Waals surface area (Å²) in [5, 5.41) is 9.18. The molecule has 1 aromatic carbocycles. The van der Waals surface area contributed by atoms with Crippen molar-refractivity contribution in [3.8, 4) is 11.8 Å². The molecule has 0 atom stereocenters. The van der Waals surface area contributed by atoms with Crippen molar-refractivity contribution in [2.75, 3.05) is 7.11 Å². The van der Waals surface area contributed by atoms with Gasteiger partial charge in [-0.3, -0.25) is 4.79 Å². The fraction of sp³-hybridized carbons (Fsp3) is 0.0909. The van der Waals surface area contributed by atoms with Crippen LogP contribution in [-0.2, 0) is 4.79 Å². The van der Waals surface area contributed by atoms with Crippen molar-refractivity contribution in [1.29, 1.82) is 5.26 Å². The molecule has 1 rings (SSSR count). The zero-order valence-electron chi connectivity index (χ0n) is 8.53. The molecule has 16 heavy (non-hydrogen) atoms. The van der Waals surface area contributed by atoms with Crippen LogP contribution in [0.15, 0.2) is 23.8 Å². The van der Waals surface area contributed by atoms with E-state index in [1.54, 1.807) is 24.3 Å². The van der Waals surface area contributed by atoms with Gasteiger partial charge in [-0.25, -0.2) is 0 Å². The highest BCUT2D eigenvalue weighted by Crippen LogP contribution is 2.24.